The zero-order chi connectivity index (χ0) is 15.5. The number of hydrogen-bond donors (Lipinski definition) is 0. The van der Waals surface area contributed by atoms with Gasteiger partial charge in [0.05, 0.1) is 0 Å². The lowest BCUT2D eigenvalue weighted by atomic mass is 10.3. The van der Waals surface area contributed by atoms with Crippen LogP contribution in [-0.4, -0.2) is 24.1 Å². The fourth-order valence-corrected chi connectivity index (χ4v) is 3.33. The summed E-state index contributed by atoms with van der Waals surface area (Å²) in [5.74, 6) is 2.24. The Labute approximate surface area is 140 Å². The monoisotopic (exact) mass is 353 g/mol. The number of nitrogens with zero attached hydrogens (tertiary/aromatic N) is 5. The predicted octanol–water partition coefficient (Wildman–Crippen LogP) is 3.36. The summed E-state index contributed by atoms with van der Waals surface area (Å²) in [5.41, 5.74) is 0. The number of ether oxygens (including phenoxy) is 1. The van der Waals surface area contributed by atoms with Gasteiger partial charge in [-0.2, -0.15) is 4.37 Å². The first-order valence-electron chi connectivity index (χ1n) is 6.36. The van der Waals surface area contributed by atoms with Gasteiger partial charge >= 0.3 is 0 Å². The van der Waals surface area contributed by atoms with Gasteiger partial charge in [-0.05, 0) is 54.5 Å². The molecule has 0 saturated carbocycles. The van der Waals surface area contributed by atoms with E-state index in [1.165, 1.54) is 23.3 Å². The minimum Gasteiger partial charge on any atom is -0.486 e. The normalized spacial score (nSPS) is 10.9. The molecule has 0 saturated heterocycles. The van der Waals surface area contributed by atoms with E-state index in [4.69, 9.17) is 16.3 Å². The molecule has 0 fully saturated rings. The zero-order valence-electron chi connectivity index (χ0n) is 11.9. The van der Waals surface area contributed by atoms with Crippen molar-refractivity contribution in [1.82, 2.24) is 24.1 Å². The van der Waals surface area contributed by atoms with Crippen LogP contribution in [0.3, 0.4) is 0 Å². The molecule has 0 bridgehead atoms. The van der Waals surface area contributed by atoms with Gasteiger partial charge in [0.2, 0.25) is 0 Å². The molecule has 22 heavy (non-hydrogen) atoms. The first-order valence-corrected chi connectivity index (χ1v) is 8.33. The highest BCUT2D eigenvalue weighted by atomic mass is 35.5. The summed E-state index contributed by atoms with van der Waals surface area (Å²) in [6, 6.07) is 7.20. The zero-order valence-corrected chi connectivity index (χ0v) is 14.2. The molecule has 0 aliphatic carbocycles. The molecule has 3 aromatic rings. The molecule has 3 rings (SSSR count). The van der Waals surface area contributed by atoms with Gasteiger partial charge in [-0.1, -0.05) is 11.6 Å². The van der Waals surface area contributed by atoms with Crippen molar-refractivity contribution < 1.29 is 4.74 Å². The number of halogens is 1. The Morgan fingerprint density at radius 1 is 1.27 bits per heavy atom. The third-order valence-electron chi connectivity index (χ3n) is 2.79. The second kappa shape index (κ2) is 6.64. The number of hydrogen-bond acceptors (Lipinski definition) is 7. The number of aromatic nitrogens is 5. The largest absolute Gasteiger partial charge is 0.486 e. The van der Waals surface area contributed by atoms with E-state index < -0.39 is 0 Å². The summed E-state index contributed by atoms with van der Waals surface area (Å²) in [7, 11) is 1.90. The maximum atomic E-state index is 5.84. The van der Waals surface area contributed by atoms with Gasteiger partial charge in [-0.25, -0.2) is 4.98 Å². The second-order valence-corrected chi connectivity index (χ2v) is 6.81. The summed E-state index contributed by atoms with van der Waals surface area (Å²) in [6.07, 6.45) is 0. The van der Waals surface area contributed by atoms with Crippen LogP contribution in [0.15, 0.2) is 33.8 Å². The van der Waals surface area contributed by atoms with Gasteiger partial charge in [0, 0.05) is 12.1 Å². The Morgan fingerprint density at radius 2 is 2.05 bits per heavy atom. The second-order valence-electron chi connectivity index (χ2n) is 4.41. The molecule has 0 spiro atoms. The van der Waals surface area contributed by atoms with Crippen LogP contribution in [0, 0.1) is 6.92 Å². The molecule has 0 aliphatic heterocycles. The Bertz CT molecular complexity index is 771. The van der Waals surface area contributed by atoms with E-state index in [9.17, 15) is 0 Å². The van der Waals surface area contributed by atoms with Gasteiger partial charge in [0.1, 0.15) is 18.2 Å². The minimum atomic E-state index is 0.334. The average Bonchev–Trinajstić information content (AvgIpc) is 3.06. The maximum Gasteiger partial charge on any atom is 0.198 e. The molecule has 0 N–H and O–H groups in total. The molecule has 0 amide bonds. The van der Waals surface area contributed by atoms with E-state index in [-0.39, 0.29) is 0 Å². The standard InChI is InChI=1S/C13H12ClN5OS2/c1-8-15-13(22-18-8)21-12-17-16-11(19(12)2)7-20-10-5-3-9(14)4-6-10/h3-6H,7H2,1-2H3. The molecule has 6 nitrogen and oxygen atoms in total. The van der Waals surface area contributed by atoms with Crippen molar-refractivity contribution in [2.24, 2.45) is 7.05 Å². The van der Waals surface area contributed by atoms with Crippen LogP contribution in [0.4, 0.5) is 0 Å². The summed E-state index contributed by atoms with van der Waals surface area (Å²) in [5, 5.41) is 9.74. The Hall–Kier alpha value is -1.64. The first-order chi connectivity index (χ1) is 10.6. The predicted molar refractivity (Wildman–Crippen MR) is 85.6 cm³/mol. The van der Waals surface area contributed by atoms with Crippen molar-refractivity contribution in [2.45, 2.75) is 23.0 Å². The first kappa shape index (κ1) is 15.3. The van der Waals surface area contributed by atoms with Crippen molar-refractivity contribution in [3.63, 3.8) is 0 Å². The van der Waals surface area contributed by atoms with Crippen LogP contribution in [0.25, 0.3) is 0 Å². The highest BCUT2D eigenvalue weighted by Crippen LogP contribution is 2.27. The van der Waals surface area contributed by atoms with Crippen LogP contribution in [0.1, 0.15) is 11.6 Å². The smallest absolute Gasteiger partial charge is 0.198 e. The maximum absolute atomic E-state index is 5.84. The Morgan fingerprint density at radius 3 is 2.73 bits per heavy atom. The molecule has 0 radical (unpaired) electrons. The van der Waals surface area contributed by atoms with Crippen molar-refractivity contribution in [3.8, 4) is 5.75 Å². The highest BCUT2D eigenvalue weighted by Gasteiger charge is 2.13. The third kappa shape index (κ3) is 3.57. The average molecular weight is 354 g/mol. The lowest BCUT2D eigenvalue weighted by molar-refractivity contribution is 0.290. The fraction of sp³-hybridized carbons (Fsp3) is 0.231. The molecule has 0 aliphatic rings. The Balaban J connectivity index is 1.66. The van der Waals surface area contributed by atoms with E-state index in [0.29, 0.717) is 11.6 Å². The third-order valence-corrected chi connectivity index (χ3v) is 4.93. The SMILES string of the molecule is Cc1nsc(Sc2nnc(COc3ccc(Cl)cc3)n2C)n1. The van der Waals surface area contributed by atoms with Gasteiger partial charge in [0.25, 0.3) is 0 Å². The quantitative estimate of drug-likeness (QED) is 0.700. The fourth-order valence-electron chi connectivity index (χ4n) is 1.64. The van der Waals surface area contributed by atoms with Crippen molar-refractivity contribution in [1.29, 1.82) is 0 Å². The van der Waals surface area contributed by atoms with Crippen LogP contribution in [0.5, 0.6) is 5.75 Å². The van der Waals surface area contributed by atoms with Crippen LogP contribution >= 0.6 is 34.9 Å². The van der Waals surface area contributed by atoms with Gasteiger partial charge in [0.15, 0.2) is 15.3 Å². The Kier molecular flexibility index (Phi) is 4.60. The van der Waals surface area contributed by atoms with Crippen molar-refractivity contribution in [2.75, 3.05) is 0 Å². The van der Waals surface area contributed by atoms with Crippen LogP contribution < -0.4 is 4.74 Å². The lowest BCUT2D eigenvalue weighted by Crippen LogP contribution is -2.04. The molecule has 114 valence electrons. The van der Waals surface area contributed by atoms with E-state index >= 15 is 0 Å². The molecular weight excluding hydrogens is 342 g/mol. The van der Waals surface area contributed by atoms with Gasteiger partial charge in [-0.3, -0.25) is 0 Å². The lowest BCUT2D eigenvalue weighted by Gasteiger charge is -2.06. The summed E-state index contributed by atoms with van der Waals surface area (Å²) < 4.78 is 12.6. The summed E-state index contributed by atoms with van der Waals surface area (Å²) in [4.78, 5) is 4.30. The highest BCUT2D eigenvalue weighted by molar-refractivity contribution is 8.00. The molecule has 9 heteroatoms. The molecule has 2 heterocycles. The van der Waals surface area contributed by atoms with Crippen molar-refractivity contribution >= 4 is 34.9 Å². The van der Waals surface area contributed by atoms with Gasteiger partial charge in [-0.15, -0.1) is 10.2 Å². The number of aryl methyl sites for hydroxylation is 1. The molecule has 0 unspecified atom stereocenters. The van der Waals surface area contributed by atoms with Crippen molar-refractivity contribution in [3.05, 3.63) is 40.9 Å². The van der Waals surface area contributed by atoms with E-state index in [2.05, 4.69) is 19.6 Å². The van der Waals surface area contributed by atoms with Crippen LogP contribution in [-0.2, 0) is 13.7 Å². The van der Waals surface area contributed by atoms with Gasteiger partial charge < -0.3 is 9.30 Å². The van der Waals surface area contributed by atoms with E-state index in [1.54, 1.807) is 12.1 Å². The molecule has 2 aromatic heterocycles. The summed E-state index contributed by atoms with van der Waals surface area (Å²) in [6.45, 7) is 2.20. The topological polar surface area (TPSA) is 65.7 Å². The molecular formula is C13H12ClN5OS2. The van der Waals surface area contributed by atoms with E-state index in [0.717, 1.165) is 26.9 Å². The molecule has 0 atom stereocenters. The summed E-state index contributed by atoms with van der Waals surface area (Å²) >= 11 is 8.63. The molecule has 1 aromatic carbocycles. The van der Waals surface area contributed by atoms with E-state index in [1.807, 2.05) is 30.7 Å². The minimum absolute atomic E-state index is 0.334. The van der Waals surface area contributed by atoms with Crippen LogP contribution in [0.2, 0.25) is 5.02 Å². The number of benzene rings is 1. The number of rotatable bonds is 5.